The number of carbonyl (C=O) groups excluding carboxylic acids is 2. The summed E-state index contributed by atoms with van der Waals surface area (Å²) >= 11 is 0. The molecule has 0 spiro atoms. The normalized spacial score (nSPS) is 14.4. The van der Waals surface area contributed by atoms with Crippen molar-refractivity contribution in [2.24, 2.45) is 10.3 Å². The topological polar surface area (TPSA) is 156 Å². The Morgan fingerprint density at radius 1 is 1.21 bits per heavy atom. The molecule has 1 aliphatic rings. The standard InChI is InChI=1S/C27H28N4O7S/c1-15(2)11-12-31-21-8-6-5-7-18(21)24(33)23(26(31)34)25-29-19-10-9-17(14-22(19)39(36,37)30-25)13-20(27(35)38-4)28-16(3)32/h5-10,13-15,33H,11-12H2,1-4H3,(H,28,32)(H,29,30). The van der Waals surface area contributed by atoms with E-state index in [0.717, 1.165) is 7.11 Å². The minimum absolute atomic E-state index is 0.122. The average molecular weight is 553 g/mol. The number of nitrogens with one attached hydrogen (secondary N) is 2. The monoisotopic (exact) mass is 552 g/mol. The Morgan fingerprint density at radius 2 is 1.92 bits per heavy atom. The fraction of sp³-hybridized carbons (Fsp3) is 0.259. The van der Waals surface area contributed by atoms with E-state index in [4.69, 9.17) is 0 Å². The molecule has 0 unspecified atom stereocenters. The molecule has 39 heavy (non-hydrogen) atoms. The molecule has 0 bridgehead atoms. The number of benzene rings is 2. The summed E-state index contributed by atoms with van der Waals surface area (Å²) in [5.41, 5.74) is -0.0865. The third-order valence-electron chi connectivity index (χ3n) is 6.09. The van der Waals surface area contributed by atoms with Crippen molar-refractivity contribution in [2.75, 3.05) is 12.4 Å². The Kier molecular flexibility index (Phi) is 7.59. The summed E-state index contributed by atoms with van der Waals surface area (Å²) in [4.78, 5) is 36.9. The van der Waals surface area contributed by atoms with Gasteiger partial charge in [-0.2, -0.15) is 8.42 Å². The molecule has 3 N–H and O–H groups in total. The Hall–Kier alpha value is -4.45. The summed E-state index contributed by atoms with van der Waals surface area (Å²) in [6.45, 7) is 5.64. The van der Waals surface area contributed by atoms with E-state index in [2.05, 4.69) is 19.8 Å². The highest BCUT2D eigenvalue weighted by Gasteiger charge is 2.30. The van der Waals surface area contributed by atoms with Crippen LogP contribution in [0.3, 0.4) is 0 Å². The number of pyridine rings is 1. The zero-order chi connectivity index (χ0) is 28.5. The lowest BCUT2D eigenvalue weighted by atomic mass is 10.1. The lowest BCUT2D eigenvalue weighted by molar-refractivity contribution is -0.137. The number of para-hydroxylation sites is 1. The van der Waals surface area contributed by atoms with Crippen LogP contribution in [-0.4, -0.2) is 42.9 Å². The van der Waals surface area contributed by atoms with Gasteiger partial charge >= 0.3 is 5.97 Å². The number of aryl methyl sites for hydroxylation is 1. The van der Waals surface area contributed by atoms with Crippen molar-refractivity contribution in [2.45, 2.75) is 38.6 Å². The number of nitrogens with zero attached hydrogens (tertiary/aromatic N) is 2. The van der Waals surface area contributed by atoms with Crippen molar-refractivity contribution in [1.29, 1.82) is 0 Å². The van der Waals surface area contributed by atoms with Crippen molar-refractivity contribution in [3.8, 4) is 5.75 Å². The van der Waals surface area contributed by atoms with Gasteiger partial charge in [0, 0.05) is 18.9 Å². The molecule has 0 radical (unpaired) electrons. The molecular weight excluding hydrogens is 524 g/mol. The van der Waals surface area contributed by atoms with E-state index in [1.165, 1.54) is 35.8 Å². The molecule has 0 atom stereocenters. The molecule has 1 aromatic heterocycles. The first-order chi connectivity index (χ1) is 18.4. The number of hydrogen-bond acceptors (Lipinski definition) is 8. The maximum absolute atomic E-state index is 13.6. The SMILES string of the molecule is COC(=O)C(=Cc1ccc2c(c1)S(=O)(=O)N=C(c1c(O)c3ccccc3n(CCC(C)C)c1=O)N2)NC(C)=O. The number of anilines is 1. The second-order valence-corrected chi connectivity index (χ2v) is 11.0. The van der Waals surface area contributed by atoms with Crippen LogP contribution in [0.15, 0.2) is 62.2 Å². The zero-order valence-corrected chi connectivity index (χ0v) is 22.6. The van der Waals surface area contributed by atoms with Gasteiger partial charge in [-0.15, -0.1) is 4.40 Å². The fourth-order valence-electron chi connectivity index (χ4n) is 4.20. The molecule has 1 amide bonds. The number of aromatic nitrogens is 1. The van der Waals surface area contributed by atoms with E-state index in [-0.39, 0.29) is 39.0 Å². The number of amidine groups is 1. The van der Waals surface area contributed by atoms with Crippen LogP contribution in [-0.2, 0) is 30.9 Å². The van der Waals surface area contributed by atoms with Gasteiger partial charge in [-0.3, -0.25) is 9.59 Å². The molecule has 0 fully saturated rings. The first-order valence-electron chi connectivity index (χ1n) is 12.1. The van der Waals surface area contributed by atoms with Crippen LogP contribution in [0.5, 0.6) is 5.75 Å². The van der Waals surface area contributed by atoms with E-state index < -0.39 is 27.5 Å². The highest BCUT2D eigenvalue weighted by molar-refractivity contribution is 7.90. The van der Waals surface area contributed by atoms with Gasteiger partial charge in [-0.25, -0.2) is 4.79 Å². The fourth-order valence-corrected chi connectivity index (χ4v) is 5.36. The predicted octanol–water partition coefficient (Wildman–Crippen LogP) is 2.96. The number of methoxy groups -OCH3 is 1. The lowest BCUT2D eigenvalue weighted by Gasteiger charge is -2.21. The molecule has 1 aliphatic heterocycles. The third-order valence-corrected chi connectivity index (χ3v) is 7.40. The van der Waals surface area contributed by atoms with Crippen LogP contribution in [0.4, 0.5) is 5.69 Å². The summed E-state index contributed by atoms with van der Waals surface area (Å²) in [7, 11) is -3.19. The van der Waals surface area contributed by atoms with Gasteiger partial charge in [0.15, 0.2) is 5.84 Å². The Bertz CT molecular complexity index is 1720. The Labute approximate surface area is 224 Å². The number of esters is 1. The highest BCUT2D eigenvalue weighted by Crippen LogP contribution is 2.33. The number of rotatable bonds is 7. The number of carbonyl (C=O) groups is 2. The van der Waals surface area contributed by atoms with E-state index >= 15 is 0 Å². The molecule has 0 saturated carbocycles. The van der Waals surface area contributed by atoms with Crippen LogP contribution >= 0.6 is 0 Å². The molecule has 12 heteroatoms. The van der Waals surface area contributed by atoms with Crippen molar-refractivity contribution in [3.63, 3.8) is 0 Å². The number of hydrogen-bond donors (Lipinski definition) is 3. The van der Waals surface area contributed by atoms with Crippen LogP contribution in [0.2, 0.25) is 0 Å². The minimum Gasteiger partial charge on any atom is -0.506 e. The van der Waals surface area contributed by atoms with E-state index in [9.17, 15) is 27.9 Å². The Balaban J connectivity index is 1.84. The van der Waals surface area contributed by atoms with Crippen molar-refractivity contribution in [3.05, 3.63) is 69.6 Å². The largest absolute Gasteiger partial charge is 0.506 e. The average Bonchev–Trinajstić information content (AvgIpc) is 2.87. The minimum atomic E-state index is -4.34. The second kappa shape index (κ2) is 10.7. The summed E-state index contributed by atoms with van der Waals surface area (Å²) < 4.78 is 36.5. The number of fused-ring (bicyclic) bond motifs is 2. The molecule has 204 valence electrons. The van der Waals surface area contributed by atoms with Gasteiger partial charge in [0.05, 0.1) is 18.3 Å². The van der Waals surface area contributed by atoms with Crippen molar-refractivity contribution < 1.29 is 27.9 Å². The smallest absolute Gasteiger partial charge is 0.354 e. The molecular formula is C27H28N4O7S. The maximum Gasteiger partial charge on any atom is 0.354 e. The summed E-state index contributed by atoms with van der Waals surface area (Å²) in [5.74, 6) is -1.70. The van der Waals surface area contributed by atoms with Gasteiger partial charge in [-0.05, 0) is 48.2 Å². The van der Waals surface area contributed by atoms with Crippen molar-refractivity contribution >= 4 is 50.4 Å². The van der Waals surface area contributed by atoms with Crippen LogP contribution in [0, 0.1) is 5.92 Å². The second-order valence-electron chi connectivity index (χ2n) is 9.41. The first kappa shape index (κ1) is 27.6. The molecule has 0 saturated heterocycles. The molecule has 11 nitrogen and oxygen atoms in total. The predicted molar refractivity (Wildman–Crippen MR) is 147 cm³/mol. The van der Waals surface area contributed by atoms with Gasteiger partial charge in [-0.1, -0.05) is 32.0 Å². The molecule has 0 aliphatic carbocycles. The van der Waals surface area contributed by atoms with Gasteiger partial charge < -0.3 is 25.0 Å². The van der Waals surface area contributed by atoms with Crippen LogP contribution in [0.25, 0.3) is 17.0 Å². The van der Waals surface area contributed by atoms with E-state index in [0.29, 0.717) is 29.8 Å². The maximum atomic E-state index is 13.6. The van der Waals surface area contributed by atoms with Crippen LogP contribution in [0.1, 0.15) is 38.3 Å². The third kappa shape index (κ3) is 5.55. The molecule has 4 rings (SSSR count). The van der Waals surface area contributed by atoms with Gasteiger partial charge in [0.25, 0.3) is 15.6 Å². The molecule has 2 heterocycles. The lowest BCUT2D eigenvalue weighted by Crippen LogP contribution is -2.33. The van der Waals surface area contributed by atoms with E-state index in [1.54, 1.807) is 24.3 Å². The number of ether oxygens (including phenoxy) is 1. The summed E-state index contributed by atoms with van der Waals surface area (Å²) in [6.07, 6.45) is 1.96. The van der Waals surface area contributed by atoms with Crippen molar-refractivity contribution in [1.82, 2.24) is 9.88 Å². The quantitative estimate of drug-likeness (QED) is 0.298. The molecule has 2 aromatic carbocycles. The van der Waals surface area contributed by atoms with Crippen LogP contribution < -0.4 is 16.2 Å². The number of aromatic hydroxyl groups is 1. The Morgan fingerprint density at radius 3 is 2.59 bits per heavy atom. The zero-order valence-electron chi connectivity index (χ0n) is 21.8. The van der Waals surface area contributed by atoms with Gasteiger partial charge in [0.2, 0.25) is 5.91 Å². The van der Waals surface area contributed by atoms with Gasteiger partial charge in [0.1, 0.15) is 21.9 Å². The number of amides is 1. The molecule has 3 aromatic rings. The first-order valence-corrected chi connectivity index (χ1v) is 13.6. The number of sulfonamides is 1. The van der Waals surface area contributed by atoms with E-state index in [1.807, 2.05) is 13.8 Å². The highest BCUT2D eigenvalue weighted by atomic mass is 32.2. The summed E-state index contributed by atoms with van der Waals surface area (Å²) in [5, 5.41) is 16.7. The summed E-state index contributed by atoms with van der Waals surface area (Å²) in [6, 6.07) is 11.1.